The number of benzene rings is 2. The molecule has 26 heavy (non-hydrogen) atoms. The van der Waals surface area contributed by atoms with Crippen LogP contribution in [-0.4, -0.2) is 44.0 Å². The fourth-order valence-corrected chi connectivity index (χ4v) is 3.30. The zero-order valence-electron chi connectivity index (χ0n) is 15.2. The summed E-state index contributed by atoms with van der Waals surface area (Å²) < 4.78 is 5.23. The van der Waals surface area contributed by atoms with Gasteiger partial charge >= 0.3 is 0 Å². The maximum Gasteiger partial charge on any atom is 0.232 e. The first-order valence-corrected chi connectivity index (χ1v) is 8.82. The Morgan fingerprint density at radius 3 is 2.69 bits per heavy atom. The van der Waals surface area contributed by atoms with Crippen molar-refractivity contribution in [2.45, 2.75) is 12.8 Å². The Bertz CT molecular complexity index is 776. The average Bonchev–Trinajstić information content (AvgIpc) is 3.06. The Labute approximate surface area is 154 Å². The molecule has 1 aliphatic heterocycles. The third-order valence-corrected chi connectivity index (χ3v) is 4.84. The smallest absolute Gasteiger partial charge is 0.232 e. The SMILES string of the molecule is COc1cccc(CCN2CC(C(=O)N(C)c3ccccc3)CC2=O)c1. The van der Waals surface area contributed by atoms with E-state index in [1.165, 1.54) is 0 Å². The Balaban J connectivity index is 1.58. The number of likely N-dealkylation sites (tertiary alicyclic amines) is 1. The fraction of sp³-hybridized carbons (Fsp3) is 0.333. The highest BCUT2D eigenvalue weighted by Gasteiger charge is 2.35. The van der Waals surface area contributed by atoms with E-state index in [1.54, 1.807) is 24.0 Å². The third kappa shape index (κ3) is 4.04. The molecule has 0 aromatic heterocycles. The van der Waals surface area contributed by atoms with Crippen LogP contribution in [0.2, 0.25) is 0 Å². The molecule has 1 heterocycles. The lowest BCUT2D eigenvalue weighted by molar-refractivity contribution is -0.128. The summed E-state index contributed by atoms with van der Waals surface area (Å²) in [6, 6.07) is 17.4. The molecule has 1 unspecified atom stereocenters. The summed E-state index contributed by atoms with van der Waals surface area (Å²) in [4.78, 5) is 28.5. The summed E-state index contributed by atoms with van der Waals surface area (Å²) in [6.45, 7) is 1.10. The van der Waals surface area contributed by atoms with Crippen LogP contribution in [0, 0.1) is 5.92 Å². The molecule has 136 valence electrons. The van der Waals surface area contributed by atoms with Crippen molar-refractivity contribution in [3.63, 3.8) is 0 Å². The summed E-state index contributed by atoms with van der Waals surface area (Å²) in [7, 11) is 3.41. The number of nitrogens with zero attached hydrogens (tertiary/aromatic N) is 2. The van der Waals surface area contributed by atoms with Gasteiger partial charge in [0.15, 0.2) is 0 Å². The van der Waals surface area contributed by atoms with Gasteiger partial charge in [-0.2, -0.15) is 0 Å². The van der Waals surface area contributed by atoms with Gasteiger partial charge in [0.1, 0.15) is 5.75 Å². The Kier molecular flexibility index (Phi) is 5.56. The Hall–Kier alpha value is -2.82. The number of methoxy groups -OCH3 is 1. The predicted octanol–water partition coefficient (Wildman–Crippen LogP) is 2.75. The lowest BCUT2D eigenvalue weighted by Gasteiger charge is -2.21. The van der Waals surface area contributed by atoms with Gasteiger partial charge < -0.3 is 14.5 Å². The molecule has 0 saturated carbocycles. The highest BCUT2D eigenvalue weighted by molar-refractivity contribution is 5.98. The van der Waals surface area contributed by atoms with E-state index in [9.17, 15) is 9.59 Å². The second-order valence-electron chi connectivity index (χ2n) is 6.58. The van der Waals surface area contributed by atoms with Crippen molar-refractivity contribution in [3.8, 4) is 5.75 Å². The van der Waals surface area contributed by atoms with Crippen molar-refractivity contribution in [2.75, 3.05) is 32.1 Å². The van der Waals surface area contributed by atoms with E-state index in [2.05, 4.69) is 0 Å². The van der Waals surface area contributed by atoms with Gasteiger partial charge in [-0.3, -0.25) is 9.59 Å². The van der Waals surface area contributed by atoms with Crippen molar-refractivity contribution < 1.29 is 14.3 Å². The molecular weight excluding hydrogens is 328 g/mol. The molecule has 2 amide bonds. The third-order valence-electron chi connectivity index (χ3n) is 4.84. The van der Waals surface area contributed by atoms with Gasteiger partial charge in [0, 0.05) is 32.2 Å². The fourth-order valence-electron chi connectivity index (χ4n) is 3.30. The van der Waals surface area contributed by atoms with E-state index in [0.29, 0.717) is 13.1 Å². The van der Waals surface area contributed by atoms with Gasteiger partial charge in [-0.25, -0.2) is 0 Å². The van der Waals surface area contributed by atoms with Crippen LogP contribution in [0.15, 0.2) is 54.6 Å². The standard InChI is InChI=1S/C21H24N2O3/c1-22(18-8-4-3-5-9-18)21(25)17-14-20(24)23(15-17)12-11-16-7-6-10-19(13-16)26-2/h3-10,13,17H,11-12,14-15H2,1-2H3. The summed E-state index contributed by atoms with van der Waals surface area (Å²) in [5, 5.41) is 0. The lowest BCUT2D eigenvalue weighted by Crippen LogP contribution is -2.35. The van der Waals surface area contributed by atoms with Crippen molar-refractivity contribution in [1.82, 2.24) is 4.90 Å². The molecule has 5 heteroatoms. The summed E-state index contributed by atoms with van der Waals surface area (Å²) in [5.41, 5.74) is 1.97. The maximum absolute atomic E-state index is 12.7. The Morgan fingerprint density at radius 1 is 1.19 bits per heavy atom. The molecule has 1 fully saturated rings. The van der Waals surface area contributed by atoms with Crippen molar-refractivity contribution in [3.05, 3.63) is 60.2 Å². The first-order chi connectivity index (χ1) is 12.6. The van der Waals surface area contributed by atoms with Crippen LogP contribution >= 0.6 is 0 Å². The van der Waals surface area contributed by atoms with Crippen molar-refractivity contribution in [1.29, 1.82) is 0 Å². The zero-order chi connectivity index (χ0) is 18.5. The predicted molar refractivity (Wildman–Crippen MR) is 101 cm³/mol. The largest absolute Gasteiger partial charge is 0.497 e. The van der Waals surface area contributed by atoms with Crippen LogP contribution in [0.1, 0.15) is 12.0 Å². The number of anilines is 1. The zero-order valence-corrected chi connectivity index (χ0v) is 15.2. The number of amides is 2. The van der Waals surface area contributed by atoms with Crippen LogP contribution in [0.3, 0.4) is 0 Å². The Morgan fingerprint density at radius 2 is 1.96 bits per heavy atom. The number of para-hydroxylation sites is 1. The maximum atomic E-state index is 12.7. The van der Waals surface area contributed by atoms with Crippen molar-refractivity contribution in [2.24, 2.45) is 5.92 Å². The van der Waals surface area contributed by atoms with Gasteiger partial charge in [0.05, 0.1) is 13.0 Å². The molecule has 0 radical (unpaired) electrons. The summed E-state index contributed by atoms with van der Waals surface area (Å²) in [6.07, 6.45) is 1.03. The average molecular weight is 352 g/mol. The van der Waals surface area contributed by atoms with Crippen LogP contribution in [0.5, 0.6) is 5.75 Å². The molecule has 1 atom stereocenters. The molecule has 5 nitrogen and oxygen atoms in total. The van der Waals surface area contributed by atoms with E-state index < -0.39 is 0 Å². The number of rotatable bonds is 6. The minimum atomic E-state index is -0.280. The molecule has 1 aliphatic rings. The highest BCUT2D eigenvalue weighted by atomic mass is 16.5. The van der Waals surface area contributed by atoms with Gasteiger partial charge in [-0.05, 0) is 36.2 Å². The minimum absolute atomic E-state index is 0.00608. The second kappa shape index (κ2) is 8.04. The second-order valence-corrected chi connectivity index (χ2v) is 6.58. The lowest BCUT2D eigenvalue weighted by atomic mass is 10.1. The number of hydrogen-bond donors (Lipinski definition) is 0. The molecule has 0 spiro atoms. The monoisotopic (exact) mass is 352 g/mol. The highest BCUT2D eigenvalue weighted by Crippen LogP contribution is 2.23. The van der Waals surface area contributed by atoms with Crippen LogP contribution in [-0.2, 0) is 16.0 Å². The van der Waals surface area contributed by atoms with Crippen LogP contribution in [0.25, 0.3) is 0 Å². The van der Waals surface area contributed by atoms with Crippen LogP contribution in [0.4, 0.5) is 5.69 Å². The van der Waals surface area contributed by atoms with Crippen LogP contribution < -0.4 is 9.64 Å². The first kappa shape index (κ1) is 18.0. The van der Waals surface area contributed by atoms with E-state index in [0.717, 1.165) is 23.4 Å². The molecule has 1 saturated heterocycles. The molecule has 3 rings (SSSR count). The van der Waals surface area contributed by atoms with E-state index in [-0.39, 0.29) is 24.2 Å². The number of ether oxygens (including phenoxy) is 1. The topological polar surface area (TPSA) is 49.9 Å². The number of hydrogen-bond acceptors (Lipinski definition) is 3. The van der Waals surface area contributed by atoms with Gasteiger partial charge in [0.25, 0.3) is 0 Å². The molecule has 2 aromatic rings. The molecule has 0 N–H and O–H groups in total. The van der Waals surface area contributed by atoms with E-state index in [4.69, 9.17) is 4.74 Å². The number of carbonyl (C=O) groups is 2. The number of carbonyl (C=O) groups excluding carboxylic acids is 2. The normalized spacial score (nSPS) is 16.6. The van der Waals surface area contributed by atoms with Gasteiger partial charge in [-0.1, -0.05) is 30.3 Å². The summed E-state index contributed by atoms with van der Waals surface area (Å²) in [5.74, 6) is 0.576. The molecule has 0 bridgehead atoms. The summed E-state index contributed by atoms with van der Waals surface area (Å²) >= 11 is 0. The quantitative estimate of drug-likeness (QED) is 0.803. The van der Waals surface area contributed by atoms with Crippen molar-refractivity contribution >= 4 is 17.5 Å². The first-order valence-electron chi connectivity index (χ1n) is 8.82. The molecule has 0 aliphatic carbocycles. The van der Waals surface area contributed by atoms with Gasteiger partial charge in [-0.15, -0.1) is 0 Å². The van der Waals surface area contributed by atoms with E-state index in [1.807, 2.05) is 54.6 Å². The molecule has 2 aromatic carbocycles. The van der Waals surface area contributed by atoms with Gasteiger partial charge in [0.2, 0.25) is 11.8 Å². The minimum Gasteiger partial charge on any atom is -0.497 e. The molecular formula is C21H24N2O3. The van der Waals surface area contributed by atoms with E-state index >= 15 is 0 Å².